The van der Waals surface area contributed by atoms with Gasteiger partial charge in [0, 0.05) is 35.8 Å². The number of carbonyl (C=O) groups excluding carboxylic acids is 1. The van der Waals surface area contributed by atoms with Gasteiger partial charge in [0.15, 0.2) is 0 Å². The van der Waals surface area contributed by atoms with Gasteiger partial charge in [0.2, 0.25) is 0 Å². The molecular formula is C22H19N3O2. The summed E-state index contributed by atoms with van der Waals surface area (Å²) in [7, 11) is 0. The second kappa shape index (κ2) is 6.43. The van der Waals surface area contributed by atoms with Crippen LogP contribution in [-0.4, -0.2) is 15.5 Å². The molecule has 1 amide bonds. The van der Waals surface area contributed by atoms with Crippen molar-refractivity contribution < 1.29 is 9.21 Å². The van der Waals surface area contributed by atoms with Crippen LogP contribution in [0.3, 0.4) is 0 Å². The van der Waals surface area contributed by atoms with Crippen LogP contribution < -0.4 is 5.32 Å². The maximum atomic E-state index is 12.7. The number of hydrogen-bond donors (Lipinski definition) is 1. The largest absolute Gasteiger partial charge is 0.463 e. The third-order valence-electron chi connectivity index (χ3n) is 5.05. The Kier molecular flexibility index (Phi) is 3.78. The van der Waals surface area contributed by atoms with E-state index in [-0.39, 0.29) is 5.91 Å². The molecule has 2 aromatic carbocycles. The number of para-hydroxylation sites is 1. The topological polar surface area (TPSA) is 60.1 Å². The number of aryl methyl sites for hydroxylation is 2. The van der Waals surface area contributed by atoms with Gasteiger partial charge < -0.3 is 14.3 Å². The van der Waals surface area contributed by atoms with Crippen molar-refractivity contribution in [2.24, 2.45) is 0 Å². The summed E-state index contributed by atoms with van der Waals surface area (Å²) < 4.78 is 7.71. The molecule has 5 rings (SSSR count). The molecule has 0 aliphatic carbocycles. The summed E-state index contributed by atoms with van der Waals surface area (Å²) in [6, 6.07) is 15.4. The fraction of sp³-hybridized carbons (Fsp3) is 0.182. The van der Waals surface area contributed by atoms with Gasteiger partial charge in [-0.15, -0.1) is 0 Å². The Labute approximate surface area is 156 Å². The molecule has 134 valence electrons. The Balaban J connectivity index is 1.42. The third-order valence-corrected chi connectivity index (χ3v) is 5.05. The first-order valence-corrected chi connectivity index (χ1v) is 9.22. The highest BCUT2D eigenvalue weighted by Crippen LogP contribution is 2.26. The number of fused-ring (bicyclic) bond motifs is 2. The Bertz CT molecular complexity index is 1120. The predicted octanol–water partition coefficient (Wildman–Crippen LogP) is 4.88. The lowest BCUT2D eigenvalue weighted by Crippen LogP contribution is -2.11. The monoisotopic (exact) mass is 357 g/mol. The van der Waals surface area contributed by atoms with E-state index in [1.165, 1.54) is 19.1 Å². The summed E-state index contributed by atoms with van der Waals surface area (Å²) in [5.74, 6) is 0.969. The number of furan rings is 1. The molecule has 0 spiro atoms. The number of rotatable bonds is 3. The molecule has 1 N–H and O–H groups in total. The molecule has 0 atom stereocenters. The van der Waals surface area contributed by atoms with Crippen LogP contribution in [-0.2, 0) is 13.0 Å². The summed E-state index contributed by atoms with van der Waals surface area (Å²) in [5.41, 5.74) is 3.95. The molecule has 0 bridgehead atoms. The van der Waals surface area contributed by atoms with Crippen LogP contribution in [0.1, 0.15) is 29.0 Å². The number of aromatic nitrogens is 2. The number of carbonyl (C=O) groups is 1. The first-order chi connectivity index (χ1) is 13.3. The molecule has 2 aromatic heterocycles. The first kappa shape index (κ1) is 15.9. The van der Waals surface area contributed by atoms with E-state index in [1.807, 2.05) is 48.5 Å². The van der Waals surface area contributed by atoms with E-state index >= 15 is 0 Å². The average Bonchev–Trinajstić information content (AvgIpc) is 3.32. The molecule has 27 heavy (non-hydrogen) atoms. The fourth-order valence-electron chi connectivity index (χ4n) is 3.66. The van der Waals surface area contributed by atoms with Crippen LogP contribution >= 0.6 is 0 Å². The highest BCUT2D eigenvalue weighted by Gasteiger charge is 2.15. The van der Waals surface area contributed by atoms with Crippen LogP contribution in [0.5, 0.6) is 0 Å². The molecule has 3 heterocycles. The Morgan fingerprint density at radius 1 is 1.11 bits per heavy atom. The van der Waals surface area contributed by atoms with E-state index in [0.29, 0.717) is 11.1 Å². The first-order valence-electron chi connectivity index (χ1n) is 9.22. The molecule has 5 heteroatoms. The second-order valence-corrected chi connectivity index (χ2v) is 6.87. The van der Waals surface area contributed by atoms with Crippen LogP contribution in [0.2, 0.25) is 0 Å². The van der Waals surface area contributed by atoms with Gasteiger partial charge in [-0.05, 0) is 31.0 Å². The average molecular weight is 357 g/mol. The van der Waals surface area contributed by atoms with Crippen molar-refractivity contribution in [1.29, 1.82) is 0 Å². The smallest absolute Gasteiger partial charge is 0.259 e. The van der Waals surface area contributed by atoms with E-state index in [4.69, 9.17) is 9.40 Å². The SMILES string of the molecule is O=C(Nc1cccc(-c2cn3c(n2)CCCC3)c1)c1coc2ccccc12. The number of nitrogens with zero attached hydrogens (tertiary/aromatic N) is 2. The summed E-state index contributed by atoms with van der Waals surface area (Å²) in [4.78, 5) is 17.5. The zero-order chi connectivity index (χ0) is 18.2. The van der Waals surface area contributed by atoms with Crippen LogP contribution in [0.25, 0.3) is 22.2 Å². The van der Waals surface area contributed by atoms with Gasteiger partial charge in [0.1, 0.15) is 17.7 Å². The lowest BCUT2D eigenvalue weighted by Gasteiger charge is -2.11. The Hall–Kier alpha value is -3.34. The maximum absolute atomic E-state index is 12.7. The number of nitrogens with one attached hydrogen (secondary N) is 1. The van der Waals surface area contributed by atoms with Crippen molar-refractivity contribution in [2.75, 3.05) is 5.32 Å². The van der Waals surface area contributed by atoms with E-state index < -0.39 is 0 Å². The van der Waals surface area contributed by atoms with Gasteiger partial charge in [-0.25, -0.2) is 4.98 Å². The Morgan fingerprint density at radius 3 is 2.96 bits per heavy atom. The molecule has 0 saturated heterocycles. The molecule has 4 aromatic rings. The van der Waals surface area contributed by atoms with E-state index in [1.54, 1.807) is 0 Å². The number of benzene rings is 2. The number of anilines is 1. The maximum Gasteiger partial charge on any atom is 0.259 e. The molecule has 1 aliphatic heterocycles. The molecule has 0 unspecified atom stereocenters. The van der Waals surface area contributed by atoms with Gasteiger partial charge >= 0.3 is 0 Å². The standard InChI is InChI=1S/C22H19N3O2/c26-22(18-14-27-20-9-2-1-8-17(18)20)23-16-7-5-6-15(12-16)19-13-25-11-4-3-10-21(25)24-19/h1-2,5-9,12-14H,3-4,10-11H2,(H,23,26). The zero-order valence-electron chi connectivity index (χ0n) is 14.8. The lowest BCUT2D eigenvalue weighted by molar-refractivity contribution is 0.102. The van der Waals surface area contributed by atoms with Crippen molar-refractivity contribution in [2.45, 2.75) is 25.8 Å². The summed E-state index contributed by atoms with van der Waals surface area (Å²) in [5, 5.41) is 3.79. The molecule has 0 radical (unpaired) electrons. The van der Waals surface area contributed by atoms with Crippen molar-refractivity contribution in [3.8, 4) is 11.3 Å². The zero-order valence-corrected chi connectivity index (χ0v) is 14.8. The number of amides is 1. The highest BCUT2D eigenvalue weighted by molar-refractivity contribution is 6.12. The fourth-order valence-corrected chi connectivity index (χ4v) is 3.66. The van der Waals surface area contributed by atoms with E-state index in [9.17, 15) is 4.79 Å². The highest BCUT2D eigenvalue weighted by atomic mass is 16.3. The molecule has 0 fully saturated rings. The van der Waals surface area contributed by atoms with Crippen LogP contribution in [0.15, 0.2) is 65.4 Å². The van der Waals surface area contributed by atoms with Gasteiger partial charge in [0.05, 0.1) is 11.3 Å². The van der Waals surface area contributed by atoms with Crippen molar-refractivity contribution in [1.82, 2.24) is 9.55 Å². The van der Waals surface area contributed by atoms with Gasteiger partial charge in [-0.3, -0.25) is 4.79 Å². The minimum Gasteiger partial charge on any atom is -0.463 e. The third kappa shape index (κ3) is 2.91. The molecule has 1 aliphatic rings. The van der Waals surface area contributed by atoms with Gasteiger partial charge in [-0.2, -0.15) is 0 Å². The van der Waals surface area contributed by atoms with Gasteiger partial charge in [0.25, 0.3) is 5.91 Å². The van der Waals surface area contributed by atoms with E-state index in [0.717, 1.165) is 41.1 Å². The minimum atomic E-state index is -0.179. The van der Waals surface area contributed by atoms with Crippen molar-refractivity contribution in [3.63, 3.8) is 0 Å². The van der Waals surface area contributed by atoms with Crippen molar-refractivity contribution >= 4 is 22.6 Å². The van der Waals surface area contributed by atoms with E-state index in [2.05, 4.69) is 16.1 Å². The van der Waals surface area contributed by atoms with Crippen LogP contribution in [0.4, 0.5) is 5.69 Å². The Morgan fingerprint density at radius 2 is 2.04 bits per heavy atom. The molecule has 0 saturated carbocycles. The predicted molar refractivity (Wildman–Crippen MR) is 105 cm³/mol. The quantitative estimate of drug-likeness (QED) is 0.568. The number of imidazole rings is 1. The normalized spacial score (nSPS) is 13.5. The van der Waals surface area contributed by atoms with Gasteiger partial charge in [-0.1, -0.05) is 30.3 Å². The van der Waals surface area contributed by atoms with Crippen molar-refractivity contribution in [3.05, 3.63) is 72.4 Å². The lowest BCUT2D eigenvalue weighted by atomic mass is 10.1. The minimum absolute atomic E-state index is 0.179. The summed E-state index contributed by atoms with van der Waals surface area (Å²) in [6.45, 7) is 1.03. The summed E-state index contributed by atoms with van der Waals surface area (Å²) in [6.07, 6.45) is 7.05. The molecule has 5 nitrogen and oxygen atoms in total. The second-order valence-electron chi connectivity index (χ2n) is 6.87. The molecular weight excluding hydrogens is 338 g/mol. The number of hydrogen-bond acceptors (Lipinski definition) is 3. The van der Waals surface area contributed by atoms with Crippen LogP contribution in [0, 0.1) is 0 Å². The summed E-state index contributed by atoms with van der Waals surface area (Å²) >= 11 is 0.